The lowest BCUT2D eigenvalue weighted by Crippen LogP contribution is -2.26. The number of halogens is 2. The summed E-state index contributed by atoms with van der Waals surface area (Å²) in [4.78, 5) is 11.1. The summed E-state index contributed by atoms with van der Waals surface area (Å²) in [6, 6.07) is 3.51. The van der Waals surface area contributed by atoms with Crippen molar-refractivity contribution < 1.29 is 14.3 Å². The van der Waals surface area contributed by atoms with Crippen LogP contribution in [-0.4, -0.2) is 11.1 Å². The van der Waals surface area contributed by atoms with E-state index in [0.717, 1.165) is 5.56 Å². The van der Waals surface area contributed by atoms with Gasteiger partial charge in [0.25, 0.3) is 0 Å². The number of benzene rings is 1. The van der Waals surface area contributed by atoms with E-state index in [9.17, 15) is 9.18 Å². The molecule has 0 aliphatic rings. The van der Waals surface area contributed by atoms with Crippen molar-refractivity contribution in [2.75, 3.05) is 0 Å². The minimum absolute atomic E-state index is 0.174. The van der Waals surface area contributed by atoms with Gasteiger partial charge in [-0.2, -0.15) is 0 Å². The smallest absolute Gasteiger partial charge is 0.309 e. The predicted octanol–water partition coefficient (Wildman–Crippen LogP) is 4.36. The Bertz CT molecular complexity index is 467. The van der Waals surface area contributed by atoms with E-state index in [1.165, 1.54) is 0 Å². The quantitative estimate of drug-likeness (QED) is 0.895. The van der Waals surface area contributed by atoms with Crippen LogP contribution in [0, 0.1) is 11.2 Å². The highest BCUT2D eigenvalue weighted by Gasteiger charge is 2.29. The molecule has 0 saturated carbocycles. The molecule has 2 nitrogen and oxygen atoms in total. The fourth-order valence-corrected chi connectivity index (χ4v) is 2.20. The van der Waals surface area contributed by atoms with Gasteiger partial charge in [0.15, 0.2) is 0 Å². The average molecular weight is 317 g/mol. The van der Waals surface area contributed by atoms with Crippen LogP contribution in [0.25, 0.3) is 0 Å². The van der Waals surface area contributed by atoms with Crippen LogP contribution >= 0.6 is 15.9 Å². The SMILES string of the molecule is CC(C)c1cc(Br)c(F)c(CC(C)(C)C(=O)O)c1. The van der Waals surface area contributed by atoms with Gasteiger partial charge in [0.2, 0.25) is 0 Å². The van der Waals surface area contributed by atoms with Crippen molar-refractivity contribution in [1.29, 1.82) is 0 Å². The first-order valence-corrected chi connectivity index (χ1v) is 6.65. The Morgan fingerprint density at radius 1 is 1.44 bits per heavy atom. The third-order valence-corrected chi connectivity index (χ3v) is 3.58. The molecular formula is C14H18BrFO2. The number of rotatable bonds is 4. The van der Waals surface area contributed by atoms with Crippen LogP contribution < -0.4 is 0 Å². The second-order valence-corrected chi connectivity index (χ2v) is 6.35. The molecule has 4 heteroatoms. The Labute approximate surface area is 115 Å². The number of aliphatic carboxylic acids is 1. The zero-order chi connectivity index (χ0) is 14.1. The molecule has 0 aliphatic heterocycles. The van der Waals surface area contributed by atoms with Gasteiger partial charge in [-0.05, 0) is 59.3 Å². The van der Waals surface area contributed by atoms with Crippen molar-refractivity contribution in [3.63, 3.8) is 0 Å². The molecule has 0 saturated heterocycles. The molecule has 0 heterocycles. The molecule has 0 spiro atoms. The third-order valence-electron chi connectivity index (χ3n) is 3.00. The van der Waals surface area contributed by atoms with Gasteiger partial charge >= 0.3 is 5.97 Å². The molecule has 0 atom stereocenters. The molecule has 0 amide bonds. The summed E-state index contributed by atoms with van der Waals surface area (Å²) in [6.45, 7) is 7.24. The summed E-state index contributed by atoms with van der Waals surface area (Å²) in [5.41, 5.74) is 0.468. The summed E-state index contributed by atoms with van der Waals surface area (Å²) in [6.07, 6.45) is 0.174. The Morgan fingerprint density at radius 2 is 2.00 bits per heavy atom. The molecule has 0 aliphatic carbocycles. The topological polar surface area (TPSA) is 37.3 Å². The van der Waals surface area contributed by atoms with Crippen molar-refractivity contribution in [2.24, 2.45) is 5.41 Å². The summed E-state index contributed by atoms with van der Waals surface area (Å²) >= 11 is 3.19. The van der Waals surface area contributed by atoms with E-state index in [4.69, 9.17) is 5.11 Å². The molecule has 0 fully saturated rings. The molecule has 0 bridgehead atoms. The fourth-order valence-electron chi connectivity index (χ4n) is 1.68. The van der Waals surface area contributed by atoms with E-state index in [0.29, 0.717) is 10.0 Å². The Balaban J connectivity index is 3.20. The number of carbonyl (C=O) groups is 1. The number of carboxylic acids is 1. The lowest BCUT2D eigenvalue weighted by atomic mass is 9.84. The molecular weight excluding hydrogens is 299 g/mol. The first-order valence-electron chi connectivity index (χ1n) is 5.86. The first kappa shape index (κ1) is 15.2. The van der Waals surface area contributed by atoms with Crippen LogP contribution in [0.5, 0.6) is 0 Å². The number of hydrogen-bond acceptors (Lipinski definition) is 1. The minimum Gasteiger partial charge on any atom is -0.481 e. The number of carboxylic acid groups (broad SMARTS) is 1. The molecule has 100 valence electrons. The Hall–Kier alpha value is -0.900. The monoisotopic (exact) mass is 316 g/mol. The number of hydrogen-bond donors (Lipinski definition) is 1. The van der Waals surface area contributed by atoms with Crippen LogP contribution in [0.15, 0.2) is 16.6 Å². The lowest BCUT2D eigenvalue weighted by molar-refractivity contribution is -0.146. The largest absolute Gasteiger partial charge is 0.481 e. The van der Waals surface area contributed by atoms with Crippen molar-refractivity contribution in [1.82, 2.24) is 0 Å². The fraction of sp³-hybridized carbons (Fsp3) is 0.500. The zero-order valence-corrected chi connectivity index (χ0v) is 12.6. The standard InChI is InChI=1S/C14H18BrFO2/c1-8(2)9-5-10(12(16)11(15)6-9)7-14(3,4)13(17)18/h5-6,8H,7H2,1-4H3,(H,17,18). The molecule has 1 aromatic carbocycles. The molecule has 1 rings (SSSR count). The van der Waals surface area contributed by atoms with Crippen molar-refractivity contribution in [2.45, 2.75) is 40.0 Å². The van der Waals surface area contributed by atoms with Crippen LogP contribution in [-0.2, 0) is 11.2 Å². The highest BCUT2D eigenvalue weighted by molar-refractivity contribution is 9.10. The normalized spacial score (nSPS) is 11.9. The van der Waals surface area contributed by atoms with Crippen LogP contribution in [0.4, 0.5) is 4.39 Å². The van der Waals surface area contributed by atoms with E-state index in [-0.39, 0.29) is 18.2 Å². The molecule has 0 aromatic heterocycles. The Kier molecular flexibility index (Phi) is 4.54. The van der Waals surface area contributed by atoms with Crippen molar-refractivity contribution in [3.8, 4) is 0 Å². The summed E-state index contributed by atoms with van der Waals surface area (Å²) in [5.74, 6) is -1.02. The van der Waals surface area contributed by atoms with E-state index < -0.39 is 11.4 Å². The highest BCUT2D eigenvalue weighted by atomic mass is 79.9. The molecule has 1 aromatic rings. The molecule has 18 heavy (non-hydrogen) atoms. The summed E-state index contributed by atoms with van der Waals surface area (Å²) in [7, 11) is 0. The second-order valence-electron chi connectivity index (χ2n) is 5.50. The van der Waals surface area contributed by atoms with Gasteiger partial charge in [0, 0.05) is 0 Å². The highest BCUT2D eigenvalue weighted by Crippen LogP contribution is 2.30. The average Bonchev–Trinajstić information content (AvgIpc) is 2.23. The van der Waals surface area contributed by atoms with Gasteiger partial charge in [-0.1, -0.05) is 19.9 Å². The maximum absolute atomic E-state index is 14.0. The van der Waals surface area contributed by atoms with Gasteiger partial charge in [-0.3, -0.25) is 4.79 Å². The molecule has 1 N–H and O–H groups in total. The van der Waals surface area contributed by atoms with Gasteiger partial charge in [0.1, 0.15) is 5.82 Å². The second kappa shape index (κ2) is 5.39. The van der Waals surface area contributed by atoms with E-state index in [2.05, 4.69) is 15.9 Å². The van der Waals surface area contributed by atoms with E-state index in [1.54, 1.807) is 26.0 Å². The Morgan fingerprint density at radius 3 is 2.44 bits per heavy atom. The van der Waals surface area contributed by atoms with Crippen LogP contribution in [0.3, 0.4) is 0 Å². The minimum atomic E-state index is -0.976. The summed E-state index contributed by atoms with van der Waals surface area (Å²) < 4.78 is 14.4. The van der Waals surface area contributed by atoms with E-state index >= 15 is 0 Å². The predicted molar refractivity (Wildman–Crippen MR) is 73.3 cm³/mol. The van der Waals surface area contributed by atoms with Crippen LogP contribution in [0.1, 0.15) is 44.7 Å². The zero-order valence-electron chi connectivity index (χ0n) is 11.1. The van der Waals surface area contributed by atoms with Crippen LogP contribution in [0.2, 0.25) is 0 Å². The molecule has 0 unspecified atom stereocenters. The maximum Gasteiger partial charge on any atom is 0.309 e. The van der Waals surface area contributed by atoms with Gasteiger partial charge in [-0.25, -0.2) is 4.39 Å². The summed E-state index contributed by atoms with van der Waals surface area (Å²) in [5, 5.41) is 9.11. The molecule has 0 radical (unpaired) electrons. The lowest BCUT2D eigenvalue weighted by Gasteiger charge is -2.20. The van der Waals surface area contributed by atoms with Crippen molar-refractivity contribution >= 4 is 21.9 Å². The van der Waals surface area contributed by atoms with Gasteiger partial charge in [0.05, 0.1) is 9.89 Å². The van der Waals surface area contributed by atoms with Gasteiger partial charge < -0.3 is 5.11 Å². The van der Waals surface area contributed by atoms with E-state index in [1.807, 2.05) is 13.8 Å². The maximum atomic E-state index is 14.0. The van der Waals surface area contributed by atoms with Crippen molar-refractivity contribution in [3.05, 3.63) is 33.5 Å². The van der Waals surface area contributed by atoms with Gasteiger partial charge in [-0.15, -0.1) is 0 Å². The first-order chi connectivity index (χ1) is 8.15. The third kappa shape index (κ3) is 3.31.